The molecular formula is C23H30N2O4. The maximum Gasteiger partial charge on any atom is 0.277 e. The van der Waals surface area contributed by atoms with E-state index in [0.29, 0.717) is 23.9 Å². The van der Waals surface area contributed by atoms with E-state index < -0.39 is 0 Å². The van der Waals surface area contributed by atoms with Crippen LogP contribution in [0.15, 0.2) is 41.5 Å². The van der Waals surface area contributed by atoms with E-state index in [4.69, 9.17) is 14.2 Å². The van der Waals surface area contributed by atoms with Crippen molar-refractivity contribution in [1.82, 2.24) is 5.43 Å². The monoisotopic (exact) mass is 398 g/mol. The highest BCUT2D eigenvalue weighted by Gasteiger charge is 2.07. The van der Waals surface area contributed by atoms with Gasteiger partial charge in [0, 0.05) is 0 Å². The zero-order valence-electron chi connectivity index (χ0n) is 17.7. The van der Waals surface area contributed by atoms with Crippen LogP contribution in [-0.4, -0.2) is 32.4 Å². The molecule has 1 amide bonds. The fraction of sp³-hybridized carbons (Fsp3) is 0.391. The Morgan fingerprint density at radius 1 is 1.07 bits per heavy atom. The molecular weight excluding hydrogens is 368 g/mol. The number of hydrazone groups is 1. The lowest BCUT2D eigenvalue weighted by Gasteiger charge is -2.11. The Labute approximate surface area is 172 Å². The average molecular weight is 399 g/mol. The lowest BCUT2D eigenvalue weighted by Crippen LogP contribution is -2.24. The lowest BCUT2D eigenvalue weighted by molar-refractivity contribution is -0.123. The van der Waals surface area contributed by atoms with E-state index in [1.165, 1.54) is 0 Å². The van der Waals surface area contributed by atoms with Crippen LogP contribution in [0.4, 0.5) is 0 Å². The highest BCUT2D eigenvalue weighted by Crippen LogP contribution is 2.27. The van der Waals surface area contributed by atoms with Crippen molar-refractivity contribution in [1.29, 1.82) is 0 Å². The van der Waals surface area contributed by atoms with E-state index in [2.05, 4.69) is 17.5 Å². The highest BCUT2D eigenvalue weighted by molar-refractivity contribution is 5.83. The molecule has 0 aliphatic rings. The normalized spacial score (nSPS) is 10.8. The number of rotatable bonds is 11. The van der Waals surface area contributed by atoms with E-state index >= 15 is 0 Å². The Morgan fingerprint density at radius 3 is 2.66 bits per heavy atom. The number of methoxy groups -OCH3 is 1. The van der Waals surface area contributed by atoms with Gasteiger partial charge >= 0.3 is 0 Å². The SMILES string of the molecule is CCCCCOc1ccc(/C=N/NC(=O)COc2cccc(C)c2C)cc1OC. The first kappa shape index (κ1) is 22.3. The van der Waals surface area contributed by atoms with Crippen LogP contribution in [0.3, 0.4) is 0 Å². The minimum Gasteiger partial charge on any atom is -0.493 e. The first-order chi connectivity index (χ1) is 14.0. The third-order valence-corrected chi connectivity index (χ3v) is 4.51. The van der Waals surface area contributed by atoms with Crippen LogP contribution in [0, 0.1) is 13.8 Å². The van der Waals surface area contributed by atoms with Crippen molar-refractivity contribution in [2.24, 2.45) is 5.10 Å². The van der Waals surface area contributed by atoms with Gasteiger partial charge in [-0.05, 0) is 61.2 Å². The molecule has 29 heavy (non-hydrogen) atoms. The minimum atomic E-state index is -0.329. The van der Waals surface area contributed by atoms with Crippen LogP contribution in [0.5, 0.6) is 17.2 Å². The quantitative estimate of drug-likeness (QED) is 0.346. The molecule has 0 heterocycles. The number of aryl methyl sites for hydroxylation is 1. The molecule has 0 atom stereocenters. The number of ether oxygens (including phenoxy) is 3. The van der Waals surface area contributed by atoms with E-state index in [1.807, 2.05) is 50.2 Å². The second-order valence-corrected chi connectivity index (χ2v) is 6.75. The first-order valence-corrected chi connectivity index (χ1v) is 9.87. The number of hydrogen-bond donors (Lipinski definition) is 1. The molecule has 0 saturated heterocycles. The summed E-state index contributed by atoms with van der Waals surface area (Å²) >= 11 is 0. The summed E-state index contributed by atoms with van der Waals surface area (Å²) in [5.74, 6) is 1.70. The summed E-state index contributed by atoms with van der Waals surface area (Å²) in [5, 5.41) is 3.98. The molecule has 2 rings (SSSR count). The number of carbonyl (C=O) groups excluding carboxylic acids is 1. The van der Waals surface area contributed by atoms with Crippen LogP contribution in [0.1, 0.15) is 42.9 Å². The maximum absolute atomic E-state index is 12.0. The summed E-state index contributed by atoms with van der Waals surface area (Å²) in [6.07, 6.45) is 4.86. The first-order valence-electron chi connectivity index (χ1n) is 9.87. The predicted molar refractivity (Wildman–Crippen MR) is 115 cm³/mol. The molecule has 0 saturated carbocycles. The lowest BCUT2D eigenvalue weighted by atomic mass is 10.1. The van der Waals surface area contributed by atoms with Crippen molar-refractivity contribution in [2.75, 3.05) is 20.3 Å². The van der Waals surface area contributed by atoms with Crippen molar-refractivity contribution >= 4 is 12.1 Å². The third-order valence-electron chi connectivity index (χ3n) is 4.51. The Morgan fingerprint density at radius 2 is 1.90 bits per heavy atom. The van der Waals surface area contributed by atoms with E-state index in [1.54, 1.807) is 13.3 Å². The van der Waals surface area contributed by atoms with Crippen molar-refractivity contribution < 1.29 is 19.0 Å². The molecule has 156 valence electrons. The van der Waals surface area contributed by atoms with E-state index in [9.17, 15) is 4.79 Å². The third kappa shape index (κ3) is 7.14. The van der Waals surface area contributed by atoms with Crippen molar-refractivity contribution in [3.8, 4) is 17.2 Å². The van der Waals surface area contributed by atoms with Gasteiger partial charge in [-0.15, -0.1) is 0 Å². The number of carbonyl (C=O) groups is 1. The Hall–Kier alpha value is -3.02. The number of benzene rings is 2. The van der Waals surface area contributed by atoms with Gasteiger partial charge in [-0.3, -0.25) is 4.79 Å². The molecule has 0 unspecified atom stereocenters. The molecule has 0 radical (unpaired) electrons. The number of amides is 1. The van der Waals surface area contributed by atoms with Gasteiger partial charge in [-0.25, -0.2) is 5.43 Å². The van der Waals surface area contributed by atoms with E-state index in [-0.39, 0.29) is 12.5 Å². The second kappa shape index (κ2) is 11.7. The fourth-order valence-corrected chi connectivity index (χ4v) is 2.65. The van der Waals surface area contributed by atoms with Gasteiger partial charge in [0.15, 0.2) is 18.1 Å². The molecule has 0 spiro atoms. The Kier molecular flexibility index (Phi) is 9.02. The fourth-order valence-electron chi connectivity index (χ4n) is 2.65. The van der Waals surface area contributed by atoms with Gasteiger partial charge in [0.25, 0.3) is 5.91 Å². The number of nitrogens with one attached hydrogen (secondary N) is 1. The molecule has 0 aromatic heterocycles. The molecule has 0 aliphatic heterocycles. The number of hydrogen-bond acceptors (Lipinski definition) is 5. The van der Waals surface area contributed by atoms with Gasteiger partial charge in [-0.2, -0.15) is 5.10 Å². The molecule has 0 fully saturated rings. The van der Waals surface area contributed by atoms with Gasteiger partial charge < -0.3 is 14.2 Å². The van der Waals surface area contributed by atoms with Crippen LogP contribution >= 0.6 is 0 Å². The van der Waals surface area contributed by atoms with Crippen LogP contribution in [0.2, 0.25) is 0 Å². The molecule has 6 nitrogen and oxygen atoms in total. The largest absolute Gasteiger partial charge is 0.493 e. The Bertz CT molecular complexity index is 834. The smallest absolute Gasteiger partial charge is 0.277 e. The topological polar surface area (TPSA) is 69.2 Å². The maximum atomic E-state index is 12.0. The van der Waals surface area contributed by atoms with Crippen molar-refractivity contribution in [2.45, 2.75) is 40.0 Å². The standard InChI is InChI=1S/C23H30N2O4/c1-5-6-7-13-28-21-12-11-19(14-22(21)27-4)15-24-25-23(26)16-29-20-10-8-9-17(2)18(20)3/h8-12,14-15H,5-7,13,16H2,1-4H3,(H,25,26)/b24-15+. The zero-order valence-corrected chi connectivity index (χ0v) is 17.7. The molecule has 0 bridgehead atoms. The number of nitrogens with zero attached hydrogens (tertiary/aromatic N) is 1. The minimum absolute atomic E-state index is 0.102. The van der Waals surface area contributed by atoms with E-state index in [0.717, 1.165) is 36.0 Å². The summed E-state index contributed by atoms with van der Waals surface area (Å²) in [5.41, 5.74) is 5.40. The van der Waals surface area contributed by atoms with Gasteiger partial charge in [0.1, 0.15) is 5.75 Å². The molecule has 1 N–H and O–H groups in total. The molecule has 2 aromatic rings. The van der Waals surface area contributed by atoms with Gasteiger partial charge in [0.2, 0.25) is 0 Å². The van der Waals surface area contributed by atoms with Crippen molar-refractivity contribution in [3.63, 3.8) is 0 Å². The molecule has 0 aliphatic carbocycles. The summed E-state index contributed by atoms with van der Waals surface area (Å²) in [7, 11) is 1.60. The summed E-state index contributed by atoms with van der Waals surface area (Å²) in [6.45, 7) is 6.68. The predicted octanol–water partition coefficient (Wildman–Crippen LogP) is 4.41. The molecule has 6 heteroatoms. The summed E-state index contributed by atoms with van der Waals surface area (Å²) in [6, 6.07) is 11.3. The number of unbranched alkanes of at least 4 members (excludes halogenated alkanes) is 2. The summed E-state index contributed by atoms with van der Waals surface area (Å²) in [4.78, 5) is 12.0. The van der Waals surface area contributed by atoms with Gasteiger partial charge in [-0.1, -0.05) is 31.9 Å². The van der Waals surface area contributed by atoms with Crippen LogP contribution in [0.25, 0.3) is 0 Å². The second-order valence-electron chi connectivity index (χ2n) is 6.75. The van der Waals surface area contributed by atoms with Crippen molar-refractivity contribution in [3.05, 3.63) is 53.1 Å². The Balaban J connectivity index is 1.85. The summed E-state index contributed by atoms with van der Waals surface area (Å²) < 4.78 is 16.7. The van der Waals surface area contributed by atoms with Gasteiger partial charge in [0.05, 0.1) is 19.9 Å². The zero-order chi connectivity index (χ0) is 21.1. The van der Waals surface area contributed by atoms with Crippen LogP contribution in [-0.2, 0) is 4.79 Å². The highest BCUT2D eigenvalue weighted by atomic mass is 16.5. The van der Waals surface area contributed by atoms with Crippen LogP contribution < -0.4 is 19.6 Å². The molecule has 2 aromatic carbocycles. The average Bonchev–Trinajstić information content (AvgIpc) is 2.73.